The lowest BCUT2D eigenvalue weighted by atomic mass is 10.0. The second-order valence-electron chi connectivity index (χ2n) is 14.6. The molecule has 0 heterocycles. The van der Waals surface area contributed by atoms with E-state index in [1.165, 1.54) is 180 Å². The highest BCUT2D eigenvalue weighted by Crippen LogP contribution is 2.15. The van der Waals surface area contributed by atoms with Crippen molar-refractivity contribution < 1.29 is 9.59 Å². The van der Waals surface area contributed by atoms with Crippen LogP contribution in [-0.2, 0) is 9.59 Å². The van der Waals surface area contributed by atoms with Gasteiger partial charge in [-0.3, -0.25) is 14.5 Å². The van der Waals surface area contributed by atoms with E-state index in [0.717, 1.165) is 32.4 Å². The van der Waals surface area contributed by atoms with Gasteiger partial charge in [0.15, 0.2) is 0 Å². The third-order valence-corrected chi connectivity index (χ3v) is 9.89. The molecule has 3 N–H and O–H groups in total. The number of hydrogen-bond acceptors (Lipinski definition) is 3. The molecule has 0 radical (unpaired) electrons. The Kier molecular flexibility index (Phi) is 35.9. The lowest BCUT2D eigenvalue weighted by Crippen LogP contribution is -2.38. The topological polar surface area (TPSA) is 75.4 Å². The zero-order valence-electron chi connectivity index (χ0n) is 31.7. The SMILES string of the molecule is CCCCCCCCCCCCCCCCN(CCCCCCCCCCCCCCCC)CC(=O)NCCCCC(C)C(N)=O. The Morgan fingerprint density at radius 2 is 0.826 bits per heavy atom. The maximum atomic E-state index is 12.7. The fourth-order valence-corrected chi connectivity index (χ4v) is 6.53. The summed E-state index contributed by atoms with van der Waals surface area (Å²) in [5.41, 5.74) is 5.36. The van der Waals surface area contributed by atoms with Crippen molar-refractivity contribution in [3.8, 4) is 0 Å². The number of unbranched alkanes of at least 4 members (excludes halogenated alkanes) is 27. The van der Waals surface area contributed by atoms with Crippen molar-refractivity contribution in [3.05, 3.63) is 0 Å². The molecule has 1 atom stereocenters. The summed E-state index contributed by atoms with van der Waals surface area (Å²) in [6.45, 7) is 9.76. The van der Waals surface area contributed by atoms with Crippen LogP contribution < -0.4 is 11.1 Å². The van der Waals surface area contributed by atoms with Crippen LogP contribution in [-0.4, -0.2) is 42.9 Å². The Bertz CT molecular complexity index is 609. The highest BCUT2D eigenvalue weighted by Gasteiger charge is 2.11. The van der Waals surface area contributed by atoms with Crippen LogP contribution in [0.2, 0.25) is 0 Å². The number of hydrogen-bond donors (Lipinski definition) is 2. The molecule has 1 unspecified atom stereocenters. The summed E-state index contributed by atoms with van der Waals surface area (Å²) in [6, 6.07) is 0. The number of nitrogens with two attached hydrogens (primary N) is 1. The van der Waals surface area contributed by atoms with E-state index >= 15 is 0 Å². The highest BCUT2D eigenvalue weighted by atomic mass is 16.2. The van der Waals surface area contributed by atoms with E-state index in [9.17, 15) is 9.59 Å². The van der Waals surface area contributed by atoms with Gasteiger partial charge in [0.2, 0.25) is 11.8 Å². The lowest BCUT2D eigenvalue weighted by Gasteiger charge is -2.22. The van der Waals surface area contributed by atoms with Gasteiger partial charge in [-0.05, 0) is 38.8 Å². The molecule has 274 valence electrons. The first-order valence-electron chi connectivity index (χ1n) is 20.8. The van der Waals surface area contributed by atoms with Crippen molar-refractivity contribution in [2.24, 2.45) is 11.7 Å². The number of nitrogens with one attached hydrogen (secondary N) is 1. The zero-order valence-corrected chi connectivity index (χ0v) is 31.7. The standard InChI is InChI=1S/C41H83N3O2/c1-4-6-8-10-12-14-16-18-20-22-24-26-28-32-36-44(38-40(45)43-35-31-30-34-39(3)41(42)46)37-33-29-27-25-23-21-19-17-15-13-11-9-7-5-2/h39H,4-38H2,1-3H3,(H2,42,46)(H,43,45). The van der Waals surface area contributed by atoms with Gasteiger partial charge in [-0.25, -0.2) is 0 Å². The van der Waals surface area contributed by atoms with Crippen molar-refractivity contribution >= 4 is 11.8 Å². The van der Waals surface area contributed by atoms with E-state index < -0.39 is 0 Å². The van der Waals surface area contributed by atoms with Crippen LogP contribution in [0.4, 0.5) is 0 Å². The van der Waals surface area contributed by atoms with Crippen LogP contribution in [0.3, 0.4) is 0 Å². The minimum atomic E-state index is -0.230. The average molecular weight is 650 g/mol. The molecular weight excluding hydrogens is 566 g/mol. The van der Waals surface area contributed by atoms with Crippen LogP contribution >= 0.6 is 0 Å². The predicted molar refractivity (Wildman–Crippen MR) is 202 cm³/mol. The number of amides is 2. The normalized spacial score (nSPS) is 12.2. The molecule has 0 fully saturated rings. The molecule has 0 saturated carbocycles. The largest absolute Gasteiger partial charge is 0.369 e. The summed E-state index contributed by atoms with van der Waals surface area (Å²) in [6.07, 6.45) is 41.2. The first-order valence-corrected chi connectivity index (χ1v) is 20.8. The van der Waals surface area contributed by atoms with Gasteiger partial charge in [0.25, 0.3) is 0 Å². The Balaban J connectivity index is 4.08. The van der Waals surface area contributed by atoms with Crippen molar-refractivity contribution in [2.45, 2.75) is 220 Å². The maximum absolute atomic E-state index is 12.7. The van der Waals surface area contributed by atoms with Crippen LogP contribution in [0.5, 0.6) is 0 Å². The monoisotopic (exact) mass is 650 g/mol. The molecular formula is C41H83N3O2. The summed E-state index contributed by atoms with van der Waals surface area (Å²) in [5, 5.41) is 3.12. The number of primary amides is 1. The molecule has 2 amide bonds. The minimum absolute atomic E-state index is 0.0820. The highest BCUT2D eigenvalue weighted by molar-refractivity contribution is 5.78. The third kappa shape index (κ3) is 34.2. The van der Waals surface area contributed by atoms with Gasteiger partial charge >= 0.3 is 0 Å². The first-order chi connectivity index (χ1) is 22.5. The van der Waals surface area contributed by atoms with Crippen molar-refractivity contribution in [1.82, 2.24) is 10.2 Å². The van der Waals surface area contributed by atoms with Crippen molar-refractivity contribution in [3.63, 3.8) is 0 Å². The van der Waals surface area contributed by atoms with E-state index in [1.807, 2.05) is 6.92 Å². The number of carbonyl (C=O) groups excluding carboxylic acids is 2. The minimum Gasteiger partial charge on any atom is -0.369 e. The quantitative estimate of drug-likeness (QED) is 0.0653. The summed E-state index contributed by atoms with van der Waals surface area (Å²) >= 11 is 0. The molecule has 0 rings (SSSR count). The summed E-state index contributed by atoms with van der Waals surface area (Å²) < 4.78 is 0. The van der Waals surface area contributed by atoms with Gasteiger partial charge in [-0.15, -0.1) is 0 Å². The number of rotatable bonds is 38. The van der Waals surface area contributed by atoms with Crippen LogP contribution in [0.25, 0.3) is 0 Å². The second kappa shape index (κ2) is 36.7. The van der Waals surface area contributed by atoms with Gasteiger partial charge in [-0.2, -0.15) is 0 Å². The van der Waals surface area contributed by atoms with Crippen LogP contribution in [0.1, 0.15) is 220 Å². The van der Waals surface area contributed by atoms with E-state index in [4.69, 9.17) is 5.73 Å². The van der Waals surface area contributed by atoms with Gasteiger partial charge < -0.3 is 11.1 Å². The van der Waals surface area contributed by atoms with Gasteiger partial charge in [-0.1, -0.05) is 194 Å². The summed E-state index contributed by atoms with van der Waals surface area (Å²) in [4.78, 5) is 26.4. The molecule has 0 bridgehead atoms. The van der Waals surface area contributed by atoms with Crippen LogP contribution in [0, 0.1) is 5.92 Å². The van der Waals surface area contributed by atoms with Crippen molar-refractivity contribution in [2.75, 3.05) is 26.2 Å². The fourth-order valence-electron chi connectivity index (χ4n) is 6.53. The molecule has 0 spiro atoms. The summed E-state index contributed by atoms with van der Waals surface area (Å²) in [7, 11) is 0. The average Bonchev–Trinajstić information content (AvgIpc) is 3.04. The third-order valence-electron chi connectivity index (χ3n) is 9.89. The maximum Gasteiger partial charge on any atom is 0.234 e. The Morgan fingerprint density at radius 3 is 1.15 bits per heavy atom. The van der Waals surface area contributed by atoms with Gasteiger partial charge in [0, 0.05) is 12.5 Å². The number of carbonyl (C=O) groups is 2. The van der Waals surface area contributed by atoms with E-state index in [2.05, 4.69) is 24.1 Å². The fraction of sp³-hybridized carbons (Fsp3) is 0.951. The molecule has 46 heavy (non-hydrogen) atoms. The Morgan fingerprint density at radius 1 is 0.500 bits per heavy atom. The van der Waals surface area contributed by atoms with Gasteiger partial charge in [0.05, 0.1) is 6.54 Å². The van der Waals surface area contributed by atoms with Crippen molar-refractivity contribution in [1.29, 1.82) is 0 Å². The zero-order chi connectivity index (χ0) is 33.8. The summed E-state index contributed by atoms with van der Waals surface area (Å²) in [5.74, 6) is -0.160. The predicted octanol–water partition coefficient (Wildman–Crippen LogP) is 11.7. The number of nitrogens with zero attached hydrogens (tertiary/aromatic N) is 1. The molecule has 5 nitrogen and oxygen atoms in total. The molecule has 0 saturated heterocycles. The molecule has 0 aromatic carbocycles. The Labute approximate surface area is 288 Å². The smallest absolute Gasteiger partial charge is 0.234 e. The lowest BCUT2D eigenvalue weighted by molar-refractivity contribution is -0.123. The van der Waals surface area contributed by atoms with Crippen LogP contribution in [0.15, 0.2) is 0 Å². The van der Waals surface area contributed by atoms with E-state index in [0.29, 0.717) is 13.1 Å². The molecule has 0 aromatic rings. The molecule has 0 aliphatic carbocycles. The Hall–Kier alpha value is -1.10. The van der Waals surface area contributed by atoms with E-state index in [1.54, 1.807) is 0 Å². The molecule has 0 aromatic heterocycles. The molecule has 5 heteroatoms. The van der Waals surface area contributed by atoms with Gasteiger partial charge in [0.1, 0.15) is 0 Å². The molecule has 0 aliphatic rings. The second-order valence-corrected chi connectivity index (χ2v) is 14.6. The molecule has 0 aliphatic heterocycles. The first kappa shape index (κ1) is 44.9. The van der Waals surface area contributed by atoms with E-state index in [-0.39, 0.29) is 17.7 Å².